The van der Waals surface area contributed by atoms with E-state index in [4.69, 9.17) is 16.3 Å². The summed E-state index contributed by atoms with van der Waals surface area (Å²) in [4.78, 5) is 19.9. The largest absolute Gasteiger partial charge is 0.495 e. The summed E-state index contributed by atoms with van der Waals surface area (Å²) in [7, 11) is 3.10. The van der Waals surface area contributed by atoms with Crippen molar-refractivity contribution >= 4 is 55.7 Å². The van der Waals surface area contributed by atoms with Gasteiger partial charge in [-0.3, -0.25) is 4.79 Å². The van der Waals surface area contributed by atoms with Crippen LogP contribution in [0.15, 0.2) is 48.5 Å². The first kappa shape index (κ1) is 17.7. The van der Waals surface area contributed by atoms with Crippen LogP contribution in [0.2, 0.25) is 5.02 Å². The van der Waals surface area contributed by atoms with Crippen LogP contribution in [0.25, 0.3) is 21.1 Å². The third kappa shape index (κ3) is 3.01. The van der Waals surface area contributed by atoms with Gasteiger partial charge in [0.25, 0.3) is 5.91 Å². The molecule has 4 rings (SSSR count). The molecule has 27 heavy (non-hydrogen) atoms. The number of thiophene rings is 1. The minimum Gasteiger partial charge on any atom is -0.495 e. The Hall–Kier alpha value is -2.70. The van der Waals surface area contributed by atoms with Gasteiger partial charge in [0.05, 0.1) is 23.2 Å². The molecule has 1 amide bonds. The lowest BCUT2D eigenvalue weighted by molar-refractivity contribution is 0.0996. The van der Waals surface area contributed by atoms with E-state index in [-0.39, 0.29) is 11.6 Å². The molecule has 0 spiro atoms. The molecular formula is C20H14ClFN2O2S. The van der Waals surface area contributed by atoms with Crippen molar-refractivity contribution in [2.45, 2.75) is 0 Å². The summed E-state index contributed by atoms with van der Waals surface area (Å²) in [6, 6.07) is 13.5. The number of carbonyl (C=O) groups excluding carboxylic acids is 1. The molecule has 0 radical (unpaired) electrons. The average molecular weight is 401 g/mol. The van der Waals surface area contributed by atoms with E-state index >= 15 is 0 Å². The summed E-state index contributed by atoms with van der Waals surface area (Å²) < 4.78 is 19.2. The molecule has 4 nitrogen and oxygen atoms in total. The predicted octanol–water partition coefficient (Wildman–Crippen LogP) is 5.53. The number of amides is 1. The van der Waals surface area contributed by atoms with Crippen molar-refractivity contribution in [3.63, 3.8) is 0 Å². The fraction of sp³-hybridized carbons (Fsp3) is 0.100. The summed E-state index contributed by atoms with van der Waals surface area (Å²) in [6.45, 7) is 0. The quantitative estimate of drug-likeness (QED) is 0.454. The number of fused-ring (bicyclic) bond motifs is 2. The Kier molecular flexibility index (Phi) is 4.45. The number of para-hydroxylation sites is 1. The number of carbonyl (C=O) groups is 1. The maximum absolute atomic E-state index is 14.0. The molecule has 0 N–H and O–H groups in total. The second-order valence-electron chi connectivity index (χ2n) is 5.96. The summed E-state index contributed by atoms with van der Waals surface area (Å²) in [5, 5.41) is 2.12. The zero-order valence-corrected chi connectivity index (χ0v) is 16.1. The monoisotopic (exact) mass is 400 g/mol. The molecule has 0 atom stereocenters. The molecule has 4 aromatic rings. The number of methoxy groups -OCH3 is 1. The molecule has 0 aliphatic heterocycles. The highest BCUT2D eigenvalue weighted by Gasteiger charge is 2.20. The standard InChI is InChI=1S/C20H14ClFN2O2S/c1-24(14-6-4-3-5-13(14)22)20(25)16-10-12-9-11-7-8-15(26-2)17(21)18(11)23-19(12)27-16/h3-10H,1-2H3. The number of aromatic nitrogens is 1. The Balaban J connectivity index is 1.79. The molecule has 0 fully saturated rings. The minimum atomic E-state index is -0.447. The van der Waals surface area contributed by atoms with Crippen molar-refractivity contribution in [2.24, 2.45) is 0 Å². The van der Waals surface area contributed by atoms with Crippen LogP contribution in [0.4, 0.5) is 10.1 Å². The second kappa shape index (κ2) is 6.79. The van der Waals surface area contributed by atoms with E-state index < -0.39 is 5.82 Å². The van der Waals surface area contributed by atoms with Gasteiger partial charge in [-0.05, 0) is 36.4 Å². The Morgan fingerprint density at radius 2 is 1.96 bits per heavy atom. The SMILES string of the molecule is COc1ccc2cc3cc(C(=O)N(C)c4ccccc4F)sc3nc2c1Cl. The van der Waals surface area contributed by atoms with Crippen molar-refractivity contribution in [1.29, 1.82) is 0 Å². The summed E-state index contributed by atoms with van der Waals surface area (Å²) in [6.07, 6.45) is 0. The molecule has 2 aromatic carbocycles. The van der Waals surface area contributed by atoms with Gasteiger partial charge in [0.1, 0.15) is 21.4 Å². The summed E-state index contributed by atoms with van der Waals surface area (Å²) in [5.41, 5.74) is 0.845. The van der Waals surface area contributed by atoms with E-state index in [2.05, 4.69) is 4.98 Å². The predicted molar refractivity (Wildman–Crippen MR) is 108 cm³/mol. The number of halogens is 2. The summed E-state index contributed by atoms with van der Waals surface area (Å²) in [5.74, 6) is -0.198. The molecular weight excluding hydrogens is 387 g/mol. The number of pyridine rings is 1. The third-order valence-corrected chi connectivity index (χ3v) is 5.72. The van der Waals surface area contributed by atoms with Gasteiger partial charge in [-0.1, -0.05) is 23.7 Å². The first-order valence-corrected chi connectivity index (χ1v) is 9.28. The van der Waals surface area contributed by atoms with E-state index in [1.807, 2.05) is 12.1 Å². The Bertz CT molecular complexity index is 1190. The normalized spacial score (nSPS) is 11.1. The maximum atomic E-state index is 14.0. The van der Waals surface area contributed by atoms with Crippen LogP contribution in [-0.4, -0.2) is 25.0 Å². The van der Waals surface area contributed by atoms with E-state index in [9.17, 15) is 9.18 Å². The van der Waals surface area contributed by atoms with E-state index in [0.29, 0.717) is 26.0 Å². The average Bonchev–Trinajstić information content (AvgIpc) is 3.09. The van der Waals surface area contributed by atoms with Gasteiger partial charge < -0.3 is 9.64 Å². The van der Waals surface area contributed by atoms with Gasteiger partial charge in [0.2, 0.25) is 0 Å². The van der Waals surface area contributed by atoms with E-state index in [1.165, 1.54) is 22.3 Å². The number of hydrogen-bond acceptors (Lipinski definition) is 4. The van der Waals surface area contributed by atoms with Crippen molar-refractivity contribution in [3.8, 4) is 5.75 Å². The minimum absolute atomic E-state index is 0.228. The topological polar surface area (TPSA) is 42.4 Å². The van der Waals surface area contributed by atoms with Gasteiger partial charge >= 0.3 is 0 Å². The fourth-order valence-electron chi connectivity index (χ4n) is 2.91. The highest BCUT2D eigenvalue weighted by Crippen LogP contribution is 2.35. The molecule has 0 bridgehead atoms. The first-order chi connectivity index (χ1) is 13.0. The number of rotatable bonds is 3. The number of hydrogen-bond donors (Lipinski definition) is 0. The smallest absolute Gasteiger partial charge is 0.268 e. The molecule has 7 heteroatoms. The van der Waals surface area contributed by atoms with Crippen LogP contribution in [0, 0.1) is 5.82 Å². The third-order valence-electron chi connectivity index (χ3n) is 4.33. The van der Waals surface area contributed by atoms with Crippen molar-refractivity contribution in [1.82, 2.24) is 4.98 Å². The van der Waals surface area contributed by atoms with Crippen LogP contribution < -0.4 is 9.64 Å². The Morgan fingerprint density at radius 3 is 2.70 bits per heavy atom. The number of ether oxygens (including phenoxy) is 1. The van der Waals surface area contributed by atoms with E-state index in [0.717, 1.165) is 10.8 Å². The molecule has 0 saturated heterocycles. The Labute approximate surface area is 163 Å². The van der Waals surface area contributed by atoms with Crippen molar-refractivity contribution in [2.75, 3.05) is 19.1 Å². The Morgan fingerprint density at radius 1 is 1.19 bits per heavy atom. The molecule has 2 aromatic heterocycles. The van der Waals surface area contributed by atoms with Crippen LogP contribution in [0.3, 0.4) is 0 Å². The molecule has 0 aliphatic carbocycles. The van der Waals surface area contributed by atoms with Gasteiger partial charge in [-0.25, -0.2) is 9.37 Å². The van der Waals surface area contributed by atoms with Gasteiger partial charge in [0, 0.05) is 17.8 Å². The highest BCUT2D eigenvalue weighted by atomic mass is 35.5. The van der Waals surface area contributed by atoms with Gasteiger partial charge in [-0.2, -0.15) is 0 Å². The molecule has 136 valence electrons. The number of benzene rings is 2. The zero-order valence-electron chi connectivity index (χ0n) is 14.5. The van der Waals surface area contributed by atoms with Crippen molar-refractivity contribution in [3.05, 3.63) is 64.2 Å². The maximum Gasteiger partial charge on any atom is 0.268 e. The van der Waals surface area contributed by atoms with Gasteiger partial charge in [-0.15, -0.1) is 11.3 Å². The van der Waals surface area contributed by atoms with Crippen LogP contribution in [0.5, 0.6) is 5.75 Å². The lowest BCUT2D eigenvalue weighted by Crippen LogP contribution is -2.26. The second-order valence-corrected chi connectivity index (χ2v) is 7.37. The summed E-state index contributed by atoms with van der Waals surface area (Å²) >= 11 is 7.61. The molecule has 2 heterocycles. The number of nitrogens with zero attached hydrogens (tertiary/aromatic N) is 2. The van der Waals surface area contributed by atoms with Crippen LogP contribution >= 0.6 is 22.9 Å². The molecule has 0 unspecified atom stereocenters. The zero-order chi connectivity index (χ0) is 19.1. The highest BCUT2D eigenvalue weighted by molar-refractivity contribution is 7.20. The van der Waals surface area contributed by atoms with Crippen LogP contribution in [-0.2, 0) is 0 Å². The fourth-order valence-corrected chi connectivity index (χ4v) is 4.19. The van der Waals surface area contributed by atoms with E-state index in [1.54, 1.807) is 44.5 Å². The molecule has 0 saturated carbocycles. The molecule has 0 aliphatic rings. The van der Waals surface area contributed by atoms with Crippen molar-refractivity contribution < 1.29 is 13.9 Å². The van der Waals surface area contributed by atoms with Crippen LogP contribution in [0.1, 0.15) is 9.67 Å². The number of anilines is 1. The lowest BCUT2D eigenvalue weighted by Gasteiger charge is -2.16. The lowest BCUT2D eigenvalue weighted by atomic mass is 10.2. The first-order valence-electron chi connectivity index (χ1n) is 8.09. The van der Waals surface area contributed by atoms with Gasteiger partial charge in [0.15, 0.2) is 0 Å².